The summed E-state index contributed by atoms with van der Waals surface area (Å²) in [5.41, 5.74) is 6.18. The number of benzene rings is 1. The molecule has 0 aromatic heterocycles. The Kier molecular flexibility index (Phi) is 3.55. The van der Waals surface area contributed by atoms with Crippen molar-refractivity contribution in [3.8, 4) is 0 Å². The van der Waals surface area contributed by atoms with Crippen molar-refractivity contribution in [3.05, 3.63) is 24.3 Å². The van der Waals surface area contributed by atoms with Gasteiger partial charge in [0.1, 0.15) is 5.54 Å². The second-order valence-corrected chi connectivity index (χ2v) is 7.28. The molecule has 4 nitrogen and oxygen atoms in total. The van der Waals surface area contributed by atoms with Gasteiger partial charge in [0.25, 0.3) is 0 Å². The summed E-state index contributed by atoms with van der Waals surface area (Å²) >= 11 is 1.61. The minimum absolute atomic E-state index is 0.0965. The molecule has 3 unspecified atom stereocenters. The molecule has 1 aromatic carbocycles. The first-order chi connectivity index (χ1) is 9.92. The number of amides is 1. The molecular formula is C16H22N2O2S. The third-order valence-corrected chi connectivity index (χ3v) is 5.98. The lowest BCUT2D eigenvalue weighted by molar-refractivity contribution is -0.170. The number of carbonyl (C=O) groups is 1. The number of ether oxygens (including phenoxy) is 1. The minimum Gasteiger partial charge on any atom is -0.377 e. The molecule has 1 aliphatic carbocycles. The fraction of sp³-hybridized carbons (Fsp3) is 0.562. The van der Waals surface area contributed by atoms with Gasteiger partial charge >= 0.3 is 0 Å². The lowest BCUT2D eigenvalue weighted by atomic mass is 9.48. The Morgan fingerprint density at radius 2 is 2.14 bits per heavy atom. The normalized spacial score (nSPS) is 33.1. The number of nitrogens with two attached hydrogens (primary N) is 1. The van der Waals surface area contributed by atoms with Crippen molar-refractivity contribution < 1.29 is 9.53 Å². The molecule has 5 heteroatoms. The van der Waals surface area contributed by atoms with Gasteiger partial charge in [-0.1, -0.05) is 26.0 Å². The Morgan fingerprint density at radius 3 is 2.86 bits per heavy atom. The van der Waals surface area contributed by atoms with Crippen LogP contribution in [0.5, 0.6) is 0 Å². The highest BCUT2D eigenvalue weighted by Gasteiger charge is 2.71. The van der Waals surface area contributed by atoms with Crippen molar-refractivity contribution in [1.82, 2.24) is 0 Å². The highest BCUT2D eigenvalue weighted by molar-refractivity contribution is 7.98. The number of hydrogen-bond donors (Lipinski definition) is 2. The Morgan fingerprint density at radius 1 is 1.43 bits per heavy atom. The highest BCUT2D eigenvalue weighted by atomic mass is 32.2. The van der Waals surface area contributed by atoms with Gasteiger partial charge in [0, 0.05) is 22.8 Å². The molecule has 3 rings (SSSR count). The van der Waals surface area contributed by atoms with Gasteiger partial charge in [0.15, 0.2) is 0 Å². The Balaban J connectivity index is 1.85. The zero-order valence-corrected chi connectivity index (χ0v) is 13.5. The highest BCUT2D eigenvalue weighted by Crippen LogP contribution is 2.58. The molecule has 3 atom stereocenters. The molecule has 1 aromatic rings. The summed E-state index contributed by atoms with van der Waals surface area (Å²) in [5.74, 6) is 0.0229. The molecule has 0 radical (unpaired) electrons. The summed E-state index contributed by atoms with van der Waals surface area (Å²) in [6.07, 6.45) is 2.96. The quantitative estimate of drug-likeness (QED) is 0.842. The van der Waals surface area contributed by atoms with E-state index in [1.54, 1.807) is 11.8 Å². The Labute approximate surface area is 129 Å². The lowest BCUT2D eigenvalue weighted by Gasteiger charge is -2.60. The van der Waals surface area contributed by atoms with E-state index in [9.17, 15) is 4.79 Å². The van der Waals surface area contributed by atoms with Crippen molar-refractivity contribution >= 4 is 23.4 Å². The van der Waals surface area contributed by atoms with E-state index < -0.39 is 5.54 Å². The van der Waals surface area contributed by atoms with Crippen LogP contribution in [0.25, 0.3) is 0 Å². The van der Waals surface area contributed by atoms with Crippen LogP contribution in [0, 0.1) is 11.3 Å². The van der Waals surface area contributed by atoms with E-state index in [1.807, 2.05) is 44.4 Å². The molecular weight excluding hydrogens is 284 g/mol. The van der Waals surface area contributed by atoms with E-state index in [-0.39, 0.29) is 23.3 Å². The van der Waals surface area contributed by atoms with Gasteiger partial charge in [0.05, 0.1) is 11.8 Å². The van der Waals surface area contributed by atoms with Gasteiger partial charge in [-0.15, -0.1) is 11.8 Å². The molecule has 0 bridgehead atoms. The van der Waals surface area contributed by atoms with Crippen LogP contribution in [0.2, 0.25) is 0 Å². The van der Waals surface area contributed by atoms with Crippen LogP contribution < -0.4 is 11.1 Å². The lowest BCUT2D eigenvalue weighted by Crippen LogP contribution is -2.79. The molecule has 3 N–H and O–H groups in total. The van der Waals surface area contributed by atoms with Gasteiger partial charge < -0.3 is 15.8 Å². The predicted octanol–water partition coefficient (Wildman–Crippen LogP) is 2.49. The van der Waals surface area contributed by atoms with Crippen molar-refractivity contribution in [1.29, 1.82) is 0 Å². The number of hydrogen-bond acceptors (Lipinski definition) is 4. The topological polar surface area (TPSA) is 64.4 Å². The van der Waals surface area contributed by atoms with Gasteiger partial charge in [-0.25, -0.2) is 0 Å². The molecule has 1 heterocycles. The summed E-state index contributed by atoms with van der Waals surface area (Å²) in [4.78, 5) is 13.9. The van der Waals surface area contributed by atoms with E-state index in [0.717, 1.165) is 17.0 Å². The number of para-hydroxylation sites is 1. The second kappa shape index (κ2) is 5.00. The van der Waals surface area contributed by atoms with E-state index in [2.05, 4.69) is 5.32 Å². The van der Waals surface area contributed by atoms with Crippen molar-refractivity contribution in [3.63, 3.8) is 0 Å². The maximum Gasteiger partial charge on any atom is 0.245 e. The van der Waals surface area contributed by atoms with E-state index >= 15 is 0 Å². The second-order valence-electron chi connectivity index (χ2n) is 6.43. The van der Waals surface area contributed by atoms with Crippen LogP contribution in [-0.2, 0) is 9.53 Å². The molecule has 0 spiro atoms. The smallest absolute Gasteiger partial charge is 0.245 e. The summed E-state index contributed by atoms with van der Waals surface area (Å²) in [6.45, 7) is 4.76. The van der Waals surface area contributed by atoms with Crippen LogP contribution in [-0.4, -0.2) is 30.4 Å². The third-order valence-electron chi connectivity index (χ3n) is 5.18. The first-order valence-electron chi connectivity index (χ1n) is 7.28. The van der Waals surface area contributed by atoms with Crippen molar-refractivity contribution in [2.24, 2.45) is 17.1 Å². The monoisotopic (exact) mass is 306 g/mol. The van der Waals surface area contributed by atoms with Crippen LogP contribution in [0.3, 0.4) is 0 Å². The molecule has 2 fully saturated rings. The average Bonchev–Trinajstić information content (AvgIpc) is 2.95. The van der Waals surface area contributed by atoms with Crippen LogP contribution in [0.1, 0.15) is 20.3 Å². The van der Waals surface area contributed by atoms with Crippen LogP contribution >= 0.6 is 11.8 Å². The standard InChI is InChI=1S/C16H22N2O2S/c1-15(2)13-10(8-9-20-13)16(15,17)14(19)18-11-6-4-5-7-12(11)21-3/h4-7,10,13H,8-9,17H2,1-3H3,(H,18,19). The Bertz CT molecular complexity index is 575. The fourth-order valence-corrected chi connectivity index (χ4v) is 4.37. The number of carbonyl (C=O) groups excluding carboxylic acids is 1. The first kappa shape index (κ1) is 14.9. The molecule has 21 heavy (non-hydrogen) atoms. The number of nitrogens with one attached hydrogen (secondary N) is 1. The first-order valence-corrected chi connectivity index (χ1v) is 8.50. The predicted molar refractivity (Wildman–Crippen MR) is 85.4 cm³/mol. The van der Waals surface area contributed by atoms with E-state index in [1.165, 1.54) is 0 Å². The average molecular weight is 306 g/mol. The van der Waals surface area contributed by atoms with Gasteiger partial charge in [0.2, 0.25) is 5.91 Å². The zero-order valence-electron chi connectivity index (χ0n) is 12.7. The maximum absolute atomic E-state index is 12.8. The summed E-state index contributed by atoms with van der Waals surface area (Å²) in [7, 11) is 0. The molecule has 1 amide bonds. The number of thioether (sulfide) groups is 1. The largest absolute Gasteiger partial charge is 0.377 e. The van der Waals surface area contributed by atoms with Gasteiger partial charge in [-0.05, 0) is 24.8 Å². The molecule has 1 aliphatic heterocycles. The number of fused-ring (bicyclic) bond motifs is 1. The summed E-state index contributed by atoms with van der Waals surface area (Å²) in [6, 6.07) is 7.80. The van der Waals surface area contributed by atoms with Crippen LogP contribution in [0.4, 0.5) is 5.69 Å². The number of rotatable bonds is 3. The molecule has 1 saturated heterocycles. The minimum atomic E-state index is -0.861. The number of anilines is 1. The molecule has 114 valence electrons. The van der Waals surface area contributed by atoms with Gasteiger partial charge in [-0.3, -0.25) is 4.79 Å². The van der Waals surface area contributed by atoms with Crippen molar-refractivity contribution in [2.75, 3.05) is 18.2 Å². The van der Waals surface area contributed by atoms with E-state index in [4.69, 9.17) is 10.5 Å². The summed E-state index contributed by atoms with van der Waals surface area (Å²) < 4.78 is 5.74. The maximum atomic E-state index is 12.8. The molecule has 2 aliphatic rings. The zero-order chi connectivity index (χ0) is 15.3. The van der Waals surface area contributed by atoms with Crippen LogP contribution in [0.15, 0.2) is 29.2 Å². The molecule has 1 saturated carbocycles. The van der Waals surface area contributed by atoms with E-state index in [0.29, 0.717) is 6.61 Å². The fourth-order valence-electron chi connectivity index (χ4n) is 3.82. The SMILES string of the molecule is CSc1ccccc1NC(=O)C1(N)C2CCOC2C1(C)C. The van der Waals surface area contributed by atoms with Crippen molar-refractivity contribution in [2.45, 2.75) is 36.8 Å². The third kappa shape index (κ3) is 1.94. The Hall–Kier alpha value is -1.04. The van der Waals surface area contributed by atoms with Gasteiger partial charge in [-0.2, -0.15) is 0 Å². The summed E-state index contributed by atoms with van der Waals surface area (Å²) in [5, 5.41) is 3.03.